The normalized spacial score (nSPS) is 11.8. The zero-order chi connectivity index (χ0) is 13.2. The molecule has 5 nitrogen and oxygen atoms in total. The van der Waals surface area contributed by atoms with Crippen LogP contribution in [0.3, 0.4) is 0 Å². The van der Waals surface area contributed by atoms with Gasteiger partial charge < -0.3 is 0 Å². The number of rotatable bonds is 3. The summed E-state index contributed by atoms with van der Waals surface area (Å²) in [4.78, 5) is 22.9. The minimum atomic E-state index is -4.29. The molecule has 1 aromatic rings. The summed E-state index contributed by atoms with van der Waals surface area (Å²) in [7, 11) is 1.31. The van der Waals surface area contributed by atoms with E-state index in [2.05, 4.69) is 21.0 Å². The van der Waals surface area contributed by atoms with Crippen molar-refractivity contribution in [3.8, 4) is 0 Å². The van der Waals surface area contributed by atoms with Crippen LogP contribution in [0, 0.1) is 0 Å². The Morgan fingerprint density at radius 3 is 2.47 bits per heavy atom. The van der Waals surface area contributed by atoms with Crippen LogP contribution in [0.2, 0.25) is 0 Å². The van der Waals surface area contributed by atoms with Crippen molar-refractivity contribution >= 4 is 15.9 Å². The molecule has 0 amide bonds. The van der Waals surface area contributed by atoms with Gasteiger partial charge in [-0.25, -0.2) is 9.48 Å². The Morgan fingerprint density at radius 2 is 1.94 bits per heavy atom. The summed E-state index contributed by atoms with van der Waals surface area (Å²) in [5.74, 6) is 0. The average molecular weight is 316 g/mol. The molecule has 0 aliphatic rings. The van der Waals surface area contributed by atoms with Gasteiger partial charge >= 0.3 is 11.9 Å². The molecule has 0 aromatic carbocycles. The maximum Gasteiger partial charge on any atom is 0.389 e. The monoisotopic (exact) mass is 315 g/mol. The summed E-state index contributed by atoms with van der Waals surface area (Å²) < 4.78 is 37.3. The largest absolute Gasteiger partial charge is 0.389 e. The molecule has 0 unspecified atom stereocenters. The summed E-state index contributed by atoms with van der Waals surface area (Å²) in [6.45, 7) is -0.286. The van der Waals surface area contributed by atoms with E-state index in [0.717, 1.165) is 9.25 Å². The minimum absolute atomic E-state index is 0.105. The highest BCUT2D eigenvalue weighted by molar-refractivity contribution is 9.10. The van der Waals surface area contributed by atoms with Crippen molar-refractivity contribution in [1.82, 2.24) is 14.3 Å². The Bertz CT molecular complexity index is 486. The van der Waals surface area contributed by atoms with Gasteiger partial charge in [-0.05, 0) is 22.4 Å². The highest BCUT2D eigenvalue weighted by Crippen LogP contribution is 2.21. The predicted octanol–water partition coefficient (Wildman–Crippen LogP) is 1.05. The lowest BCUT2D eigenvalue weighted by atomic mass is 10.3. The fourth-order valence-electron chi connectivity index (χ4n) is 1.22. The van der Waals surface area contributed by atoms with Gasteiger partial charge in [-0.2, -0.15) is 18.3 Å². The number of halogens is 4. The molecule has 1 heterocycles. The first-order valence-electron chi connectivity index (χ1n) is 4.63. The van der Waals surface area contributed by atoms with Crippen molar-refractivity contribution in [1.29, 1.82) is 0 Å². The van der Waals surface area contributed by atoms with Crippen molar-refractivity contribution in [2.75, 3.05) is 0 Å². The maximum absolute atomic E-state index is 11.9. The third-order valence-corrected chi connectivity index (χ3v) is 2.51. The van der Waals surface area contributed by atoms with E-state index in [-0.39, 0.29) is 17.6 Å². The van der Waals surface area contributed by atoms with Gasteiger partial charge in [-0.15, -0.1) is 0 Å². The molecule has 1 aromatic heterocycles. The second-order valence-corrected chi connectivity index (χ2v) is 4.12. The molecule has 9 heteroatoms. The van der Waals surface area contributed by atoms with E-state index >= 15 is 0 Å². The van der Waals surface area contributed by atoms with Gasteiger partial charge in [-0.1, -0.05) is 0 Å². The molecule has 0 saturated carbocycles. The van der Waals surface area contributed by atoms with Crippen LogP contribution in [-0.2, 0) is 13.6 Å². The van der Waals surface area contributed by atoms with Crippen molar-refractivity contribution < 1.29 is 13.2 Å². The van der Waals surface area contributed by atoms with Crippen molar-refractivity contribution in [3.63, 3.8) is 0 Å². The molecule has 17 heavy (non-hydrogen) atoms. The zero-order valence-electron chi connectivity index (χ0n) is 8.79. The van der Waals surface area contributed by atoms with Crippen LogP contribution in [-0.4, -0.2) is 20.5 Å². The smallest absolute Gasteiger partial charge is 0.266 e. The van der Waals surface area contributed by atoms with Crippen LogP contribution in [0.25, 0.3) is 0 Å². The molecule has 0 N–H and O–H groups in total. The SMILES string of the molecule is Cn1nc(Br)c(=O)n(CCCC(F)(F)F)c1=O. The zero-order valence-corrected chi connectivity index (χ0v) is 10.4. The van der Waals surface area contributed by atoms with Gasteiger partial charge in [0, 0.05) is 20.0 Å². The topological polar surface area (TPSA) is 56.9 Å². The molecule has 0 atom stereocenters. The van der Waals surface area contributed by atoms with Gasteiger partial charge in [-0.3, -0.25) is 9.36 Å². The first-order valence-corrected chi connectivity index (χ1v) is 5.42. The molecule has 0 fully saturated rings. The molecule has 0 aliphatic carbocycles. The summed E-state index contributed by atoms with van der Waals surface area (Å²) in [5.41, 5.74) is -1.46. The van der Waals surface area contributed by atoms with Crippen molar-refractivity contribution in [3.05, 3.63) is 25.4 Å². The van der Waals surface area contributed by atoms with Gasteiger partial charge in [0.15, 0.2) is 4.60 Å². The molecule has 0 spiro atoms. The molecule has 0 saturated heterocycles. The third kappa shape index (κ3) is 3.69. The van der Waals surface area contributed by atoms with Crippen molar-refractivity contribution in [2.24, 2.45) is 7.05 Å². The first-order chi connectivity index (χ1) is 7.72. The predicted molar refractivity (Wildman–Crippen MR) is 56.7 cm³/mol. The molecule has 1 rings (SSSR count). The van der Waals surface area contributed by atoms with Gasteiger partial charge in [0.05, 0.1) is 0 Å². The summed E-state index contributed by atoms with van der Waals surface area (Å²) in [5, 5.41) is 3.56. The Labute approximate surface area is 102 Å². The second kappa shape index (κ2) is 5.03. The number of hydrogen-bond donors (Lipinski definition) is 0. The Balaban J connectivity index is 2.92. The van der Waals surface area contributed by atoms with Crippen LogP contribution in [0.15, 0.2) is 14.2 Å². The van der Waals surface area contributed by atoms with Crippen LogP contribution < -0.4 is 11.2 Å². The Kier molecular flexibility index (Phi) is 4.12. The van der Waals surface area contributed by atoms with E-state index in [4.69, 9.17) is 0 Å². The molecular weight excluding hydrogens is 307 g/mol. The molecule has 0 bridgehead atoms. The molecular formula is C8H9BrF3N3O2. The highest BCUT2D eigenvalue weighted by Gasteiger charge is 2.26. The third-order valence-electron chi connectivity index (χ3n) is 2.01. The Hall–Kier alpha value is -1.12. The van der Waals surface area contributed by atoms with Crippen molar-refractivity contribution in [2.45, 2.75) is 25.6 Å². The fraction of sp³-hybridized carbons (Fsp3) is 0.625. The average Bonchev–Trinajstić information content (AvgIpc) is 2.19. The summed E-state index contributed by atoms with van der Waals surface area (Å²) >= 11 is 2.84. The number of hydrogen-bond acceptors (Lipinski definition) is 3. The second-order valence-electron chi connectivity index (χ2n) is 3.37. The van der Waals surface area contributed by atoms with Gasteiger partial charge in [0.1, 0.15) is 0 Å². The lowest BCUT2D eigenvalue weighted by Gasteiger charge is -2.08. The molecule has 96 valence electrons. The standard InChI is InChI=1S/C8H9BrF3N3O2/c1-14-7(17)15(6(16)5(9)13-14)4-2-3-8(10,11)12/h2-4H2,1H3. The van der Waals surface area contributed by atoms with E-state index in [9.17, 15) is 22.8 Å². The number of nitrogens with zero attached hydrogens (tertiary/aromatic N) is 3. The van der Waals surface area contributed by atoms with E-state index < -0.39 is 23.8 Å². The fourth-order valence-corrected chi connectivity index (χ4v) is 1.68. The number of aromatic nitrogens is 3. The lowest BCUT2D eigenvalue weighted by Crippen LogP contribution is -2.41. The van der Waals surface area contributed by atoms with Gasteiger partial charge in [0.2, 0.25) is 0 Å². The molecule has 0 radical (unpaired) electrons. The quantitative estimate of drug-likeness (QED) is 0.837. The van der Waals surface area contributed by atoms with E-state index in [1.807, 2.05) is 0 Å². The van der Waals surface area contributed by atoms with E-state index in [1.54, 1.807) is 0 Å². The summed E-state index contributed by atoms with van der Waals surface area (Å²) in [6.07, 6.45) is -5.66. The first kappa shape index (κ1) is 13.9. The van der Waals surface area contributed by atoms with Crippen LogP contribution in [0.1, 0.15) is 12.8 Å². The highest BCUT2D eigenvalue weighted by atomic mass is 79.9. The van der Waals surface area contributed by atoms with E-state index in [0.29, 0.717) is 0 Å². The summed E-state index contributed by atoms with van der Waals surface area (Å²) in [6, 6.07) is 0. The number of alkyl halides is 3. The molecule has 0 aliphatic heterocycles. The van der Waals surface area contributed by atoms with Crippen LogP contribution in [0.4, 0.5) is 13.2 Å². The van der Waals surface area contributed by atoms with Crippen LogP contribution >= 0.6 is 15.9 Å². The minimum Gasteiger partial charge on any atom is -0.266 e. The maximum atomic E-state index is 11.9. The number of aryl methyl sites for hydroxylation is 1. The van der Waals surface area contributed by atoms with Crippen LogP contribution in [0.5, 0.6) is 0 Å². The lowest BCUT2D eigenvalue weighted by molar-refractivity contribution is -0.136. The van der Waals surface area contributed by atoms with E-state index in [1.165, 1.54) is 7.05 Å². The Morgan fingerprint density at radius 1 is 1.35 bits per heavy atom. The van der Waals surface area contributed by atoms with Gasteiger partial charge in [0.25, 0.3) is 5.56 Å².